The Morgan fingerprint density at radius 3 is 2.50 bits per heavy atom. The first-order chi connectivity index (χ1) is 6.85. The number of fused-ring (bicyclic) bond motifs is 1. The van der Waals surface area contributed by atoms with Crippen LogP contribution >= 0.6 is 47.0 Å². The second-order valence-electron chi connectivity index (χ2n) is 2.64. The lowest BCUT2D eigenvalue weighted by Crippen LogP contribution is -1.79. The van der Waals surface area contributed by atoms with Gasteiger partial charge in [0.2, 0.25) is 0 Å². The molecule has 14 heavy (non-hydrogen) atoms. The van der Waals surface area contributed by atoms with Crippen LogP contribution in [0.3, 0.4) is 0 Å². The number of benzene rings is 1. The van der Waals surface area contributed by atoms with Crippen LogP contribution in [0.15, 0.2) is 43.7 Å². The van der Waals surface area contributed by atoms with Gasteiger partial charge in [0.05, 0.1) is 0 Å². The maximum absolute atomic E-state index is 3.77. The Kier molecular flexibility index (Phi) is 3.82. The summed E-state index contributed by atoms with van der Waals surface area (Å²) in [5.74, 6) is 0. The summed E-state index contributed by atoms with van der Waals surface area (Å²) < 4.78 is 0. The van der Waals surface area contributed by atoms with E-state index in [1.807, 2.05) is 40.7 Å². The molecule has 0 aromatic heterocycles. The predicted octanol–water partition coefficient (Wildman–Crippen LogP) is 4.80. The first kappa shape index (κ1) is 10.9. The fraction of sp³-hybridized carbons (Fsp3) is 0.200. The van der Waals surface area contributed by atoms with Gasteiger partial charge in [-0.25, -0.2) is 0 Å². The minimum atomic E-state index is 1.16. The van der Waals surface area contributed by atoms with Crippen LogP contribution in [0, 0.1) is 0 Å². The van der Waals surface area contributed by atoms with Gasteiger partial charge in [-0.05, 0) is 23.8 Å². The summed E-state index contributed by atoms with van der Waals surface area (Å²) >= 11 is 7.40. The third kappa shape index (κ3) is 2.13. The van der Waals surface area contributed by atoms with Crippen LogP contribution in [-0.2, 0) is 0 Å². The van der Waals surface area contributed by atoms with E-state index in [1.54, 1.807) is 11.8 Å². The molecule has 2 rings (SSSR count). The highest BCUT2D eigenvalue weighted by molar-refractivity contribution is 8.18. The van der Waals surface area contributed by atoms with Crippen molar-refractivity contribution in [2.75, 3.05) is 11.3 Å². The van der Waals surface area contributed by atoms with Crippen molar-refractivity contribution < 1.29 is 0 Å². The van der Waals surface area contributed by atoms with Gasteiger partial charge in [0.1, 0.15) is 0 Å². The molecule has 0 atom stereocenters. The van der Waals surface area contributed by atoms with E-state index in [1.165, 1.54) is 19.6 Å². The zero-order valence-electron chi connectivity index (χ0n) is 7.78. The lowest BCUT2D eigenvalue weighted by atomic mass is 10.3. The molecule has 0 fully saturated rings. The quantitative estimate of drug-likeness (QED) is 0.714. The minimum absolute atomic E-state index is 1.16. The van der Waals surface area contributed by atoms with Crippen LogP contribution in [0.25, 0.3) is 0 Å². The Morgan fingerprint density at radius 2 is 1.93 bits per heavy atom. The number of thioether (sulfide) groups is 4. The molecular formula is C10H10S4. The van der Waals surface area contributed by atoms with Crippen molar-refractivity contribution in [1.82, 2.24) is 0 Å². The summed E-state index contributed by atoms with van der Waals surface area (Å²) in [7, 11) is 0. The van der Waals surface area contributed by atoms with Crippen LogP contribution in [-0.4, -0.2) is 11.3 Å². The normalized spacial score (nSPS) is 14.1. The smallest absolute Gasteiger partial charge is 0.0487 e. The maximum Gasteiger partial charge on any atom is 0.0487 e. The van der Waals surface area contributed by atoms with Crippen molar-refractivity contribution in [3.63, 3.8) is 0 Å². The topological polar surface area (TPSA) is 0 Å². The molecule has 0 bridgehead atoms. The summed E-state index contributed by atoms with van der Waals surface area (Å²) in [5, 5.41) is 3.06. The number of hydrogen-bond donors (Lipinski definition) is 0. The molecule has 0 N–H and O–H groups in total. The van der Waals surface area contributed by atoms with Gasteiger partial charge in [0.25, 0.3) is 0 Å². The summed E-state index contributed by atoms with van der Waals surface area (Å²) in [6.45, 7) is 3.77. The third-order valence-corrected chi connectivity index (χ3v) is 5.90. The van der Waals surface area contributed by atoms with Crippen molar-refractivity contribution >= 4 is 47.0 Å². The monoisotopic (exact) mass is 258 g/mol. The first-order valence-corrected chi connectivity index (χ1v) is 8.18. The maximum atomic E-state index is 3.77. The fourth-order valence-corrected chi connectivity index (χ4v) is 5.24. The molecule has 1 aromatic carbocycles. The fourth-order valence-electron chi connectivity index (χ4n) is 1.25. The predicted molar refractivity (Wildman–Crippen MR) is 70.9 cm³/mol. The van der Waals surface area contributed by atoms with E-state index in [4.69, 9.17) is 0 Å². The van der Waals surface area contributed by atoms with Crippen LogP contribution in [0.5, 0.6) is 0 Å². The van der Waals surface area contributed by atoms with E-state index in [-0.39, 0.29) is 0 Å². The lowest BCUT2D eigenvalue weighted by Gasteiger charge is -2.07. The van der Waals surface area contributed by atoms with E-state index in [2.05, 4.69) is 25.0 Å². The van der Waals surface area contributed by atoms with Gasteiger partial charge >= 0.3 is 0 Å². The van der Waals surface area contributed by atoms with Crippen molar-refractivity contribution in [2.24, 2.45) is 0 Å². The van der Waals surface area contributed by atoms with Crippen molar-refractivity contribution in [1.29, 1.82) is 0 Å². The summed E-state index contributed by atoms with van der Waals surface area (Å²) in [5.41, 5.74) is 0. The van der Waals surface area contributed by atoms with E-state index in [0.29, 0.717) is 0 Å². The zero-order chi connectivity index (χ0) is 9.97. The summed E-state index contributed by atoms with van der Waals surface area (Å²) in [6, 6.07) is 4.59. The molecule has 0 aliphatic carbocycles. The number of hydrogen-bond acceptors (Lipinski definition) is 4. The highest BCUT2D eigenvalue weighted by Gasteiger charge is 2.15. The largest absolute Gasteiger partial charge is 0.128 e. The van der Waals surface area contributed by atoms with Crippen molar-refractivity contribution in [3.8, 4) is 0 Å². The molecule has 0 radical (unpaired) electrons. The van der Waals surface area contributed by atoms with Gasteiger partial charge in [-0.2, -0.15) is 0 Å². The highest BCUT2D eigenvalue weighted by Crippen LogP contribution is 2.46. The zero-order valence-corrected chi connectivity index (χ0v) is 11.0. The van der Waals surface area contributed by atoms with Gasteiger partial charge in [-0.3, -0.25) is 0 Å². The minimum Gasteiger partial charge on any atom is -0.128 e. The second-order valence-corrected chi connectivity index (χ2v) is 6.90. The molecule has 0 saturated carbocycles. The highest BCUT2D eigenvalue weighted by atomic mass is 32.2. The third-order valence-electron chi connectivity index (χ3n) is 1.87. The molecule has 0 spiro atoms. The first-order valence-electron chi connectivity index (χ1n) is 4.10. The van der Waals surface area contributed by atoms with E-state index in [9.17, 15) is 0 Å². The van der Waals surface area contributed by atoms with E-state index < -0.39 is 0 Å². The van der Waals surface area contributed by atoms with Crippen LogP contribution in [0.2, 0.25) is 0 Å². The van der Waals surface area contributed by atoms with Crippen molar-refractivity contribution in [2.45, 2.75) is 19.6 Å². The average Bonchev–Trinajstić information content (AvgIpc) is 2.64. The molecule has 1 heterocycles. The molecule has 1 aliphatic heterocycles. The molecule has 0 saturated heterocycles. The van der Waals surface area contributed by atoms with E-state index >= 15 is 0 Å². The summed E-state index contributed by atoms with van der Waals surface area (Å²) in [4.78, 5) is 5.56. The molecule has 0 nitrogen and oxygen atoms in total. The summed E-state index contributed by atoms with van der Waals surface area (Å²) in [6.07, 6.45) is 2.13. The van der Waals surface area contributed by atoms with Gasteiger partial charge in [0.15, 0.2) is 0 Å². The molecule has 1 aliphatic rings. The van der Waals surface area contributed by atoms with Gasteiger partial charge in [-0.15, -0.1) is 35.3 Å². The average molecular weight is 258 g/mol. The molecule has 0 amide bonds. The Hall–Kier alpha value is 0.360. The molecule has 74 valence electrons. The molecule has 1 aromatic rings. The van der Waals surface area contributed by atoms with Crippen molar-refractivity contribution in [3.05, 3.63) is 24.1 Å². The van der Waals surface area contributed by atoms with Gasteiger partial charge in [-0.1, -0.05) is 18.3 Å². The SMILES string of the molecule is C=CSc1cc2c(cc1SC)SCS2. The Balaban J connectivity index is 2.43. The second kappa shape index (κ2) is 4.92. The molecular weight excluding hydrogens is 248 g/mol. The van der Waals surface area contributed by atoms with Gasteiger partial charge in [0, 0.05) is 24.7 Å². The van der Waals surface area contributed by atoms with Crippen LogP contribution in [0.1, 0.15) is 0 Å². The number of rotatable bonds is 3. The Bertz CT molecular complexity index is 359. The lowest BCUT2D eigenvalue weighted by molar-refractivity contribution is 1.10. The van der Waals surface area contributed by atoms with Gasteiger partial charge < -0.3 is 0 Å². The standard InChI is InChI=1S/C10H10S4/c1-3-12-8-5-10-9(13-6-14-10)4-7(8)11-2/h3-5H,1,6H2,2H3. The molecule has 4 heteroatoms. The Labute approximate surface area is 102 Å². The van der Waals surface area contributed by atoms with Crippen LogP contribution in [0.4, 0.5) is 0 Å². The molecule has 0 unspecified atom stereocenters. The van der Waals surface area contributed by atoms with E-state index in [0.717, 1.165) is 5.08 Å². The van der Waals surface area contributed by atoms with Crippen LogP contribution < -0.4 is 0 Å². The Morgan fingerprint density at radius 1 is 1.29 bits per heavy atom.